The van der Waals surface area contributed by atoms with Gasteiger partial charge in [0.05, 0.1) is 7.11 Å². The van der Waals surface area contributed by atoms with E-state index >= 15 is 0 Å². The first-order valence-corrected chi connectivity index (χ1v) is 6.91. The summed E-state index contributed by atoms with van der Waals surface area (Å²) in [6.45, 7) is 1.99. The van der Waals surface area contributed by atoms with Crippen molar-refractivity contribution in [2.75, 3.05) is 7.11 Å². The molecule has 1 N–H and O–H groups in total. The molecule has 0 aliphatic rings. The average molecular weight is 303 g/mol. The molecule has 0 aliphatic carbocycles. The van der Waals surface area contributed by atoms with Crippen LogP contribution in [0.3, 0.4) is 0 Å². The fourth-order valence-electron chi connectivity index (χ4n) is 1.87. The molecule has 0 heterocycles. The lowest BCUT2D eigenvalue weighted by molar-refractivity contribution is -0.127. The molecule has 2 aromatic rings. The van der Waals surface area contributed by atoms with Crippen LogP contribution in [0.4, 0.5) is 4.39 Å². The van der Waals surface area contributed by atoms with E-state index in [4.69, 9.17) is 9.47 Å². The van der Waals surface area contributed by atoms with Crippen LogP contribution in [0.15, 0.2) is 48.5 Å². The summed E-state index contributed by atoms with van der Waals surface area (Å²) >= 11 is 0. The van der Waals surface area contributed by atoms with Crippen molar-refractivity contribution in [2.45, 2.75) is 19.6 Å². The van der Waals surface area contributed by atoms with Gasteiger partial charge in [-0.25, -0.2) is 4.39 Å². The predicted octanol–water partition coefficient (Wildman–Crippen LogP) is 2.92. The van der Waals surface area contributed by atoms with E-state index in [9.17, 15) is 9.18 Å². The summed E-state index contributed by atoms with van der Waals surface area (Å²) < 4.78 is 23.5. The first-order chi connectivity index (χ1) is 10.6. The van der Waals surface area contributed by atoms with E-state index in [1.807, 2.05) is 0 Å². The van der Waals surface area contributed by atoms with E-state index in [1.165, 1.54) is 12.1 Å². The topological polar surface area (TPSA) is 47.6 Å². The zero-order chi connectivity index (χ0) is 15.9. The van der Waals surface area contributed by atoms with Crippen molar-refractivity contribution in [3.05, 3.63) is 59.9 Å². The molecule has 1 atom stereocenters. The second-order valence-electron chi connectivity index (χ2n) is 4.78. The molecule has 1 unspecified atom stereocenters. The summed E-state index contributed by atoms with van der Waals surface area (Å²) in [5, 5.41) is 2.75. The van der Waals surface area contributed by atoms with Gasteiger partial charge in [0, 0.05) is 12.6 Å². The average Bonchev–Trinajstić information content (AvgIpc) is 2.54. The minimum absolute atomic E-state index is 0.243. The number of benzene rings is 2. The maximum absolute atomic E-state index is 12.8. The molecule has 0 aromatic heterocycles. The number of carbonyl (C=O) groups excluding carboxylic acids is 1. The van der Waals surface area contributed by atoms with Gasteiger partial charge < -0.3 is 14.8 Å². The summed E-state index contributed by atoms with van der Waals surface area (Å²) in [5.41, 5.74) is 0.823. The number of halogens is 1. The molecule has 116 valence electrons. The monoisotopic (exact) mass is 303 g/mol. The van der Waals surface area contributed by atoms with Crippen LogP contribution in [0.5, 0.6) is 11.5 Å². The molecule has 2 aromatic carbocycles. The Bertz CT molecular complexity index is 628. The third-order valence-corrected chi connectivity index (χ3v) is 3.10. The minimum atomic E-state index is -0.646. The van der Waals surface area contributed by atoms with Crippen LogP contribution in [0.25, 0.3) is 0 Å². The van der Waals surface area contributed by atoms with Crippen molar-refractivity contribution in [1.29, 1.82) is 0 Å². The Kier molecular flexibility index (Phi) is 5.36. The van der Waals surface area contributed by atoms with Crippen molar-refractivity contribution >= 4 is 5.91 Å². The molecule has 1 amide bonds. The van der Waals surface area contributed by atoms with Gasteiger partial charge in [-0.05, 0) is 36.8 Å². The van der Waals surface area contributed by atoms with Crippen LogP contribution in [0, 0.1) is 5.82 Å². The third kappa shape index (κ3) is 4.48. The van der Waals surface area contributed by atoms with Crippen molar-refractivity contribution in [2.24, 2.45) is 0 Å². The molecule has 22 heavy (non-hydrogen) atoms. The van der Waals surface area contributed by atoms with Gasteiger partial charge in [-0.1, -0.05) is 18.2 Å². The van der Waals surface area contributed by atoms with Crippen LogP contribution in [0.1, 0.15) is 12.5 Å². The number of amides is 1. The Hall–Kier alpha value is -2.56. The zero-order valence-electron chi connectivity index (χ0n) is 12.5. The van der Waals surface area contributed by atoms with Crippen molar-refractivity contribution in [1.82, 2.24) is 5.32 Å². The van der Waals surface area contributed by atoms with E-state index in [2.05, 4.69) is 5.32 Å². The highest BCUT2D eigenvalue weighted by Gasteiger charge is 2.14. The number of rotatable bonds is 6. The molecule has 0 spiro atoms. The lowest BCUT2D eigenvalue weighted by Gasteiger charge is -2.15. The Balaban J connectivity index is 1.87. The summed E-state index contributed by atoms with van der Waals surface area (Å²) in [4.78, 5) is 12.0. The fraction of sp³-hybridized carbons (Fsp3) is 0.235. The third-order valence-electron chi connectivity index (χ3n) is 3.10. The second-order valence-corrected chi connectivity index (χ2v) is 4.78. The van der Waals surface area contributed by atoms with Crippen LogP contribution in [-0.2, 0) is 11.3 Å². The van der Waals surface area contributed by atoms with Crippen LogP contribution < -0.4 is 14.8 Å². The van der Waals surface area contributed by atoms with Gasteiger partial charge in [0.15, 0.2) is 6.10 Å². The summed E-state index contributed by atoms with van der Waals surface area (Å²) in [5.74, 6) is 0.678. The maximum atomic E-state index is 12.8. The molecule has 5 heteroatoms. The Morgan fingerprint density at radius 3 is 2.55 bits per heavy atom. The summed E-state index contributed by atoms with van der Waals surface area (Å²) in [7, 11) is 1.57. The Morgan fingerprint density at radius 2 is 1.86 bits per heavy atom. The summed E-state index contributed by atoms with van der Waals surface area (Å²) in [6.07, 6.45) is -0.646. The lowest BCUT2D eigenvalue weighted by Crippen LogP contribution is -2.35. The molecule has 0 aliphatic heterocycles. The smallest absolute Gasteiger partial charge is 0.261 e. The summed E-state index contributed by atoms with van der Waals surface area (Å²) in [6, 6.07) is 13.0. The molecular formula is C17H18FNO3. The Morgan fingerprint density at radius 1 is 1.18 bits per heavy atom. The molecular weight excluding hydrogens is 285 g/mol. The highest BCUT2D eigenvalue weighted by Crippen LogP contribution is 2.19. The van der Waals surface area contributed by atoms with Crippen molar-refractivity contribution in [3.8, 4) is 11.5 Å². The fourth-order valence-corrected chi connectivity index (χ4v) is 1.87. The van der Waals surface area contributed by atoms with Crippen molar-refractivity contribution < 1.29 is 18.7 Å². The van der Waals surface area contributed by atoms with Crippen molar-refractivity contribution in [3.63, 3.8) is 0 Å². The quantitative estimate of drug-likeness (QED) is 0.892. The van der Waals surface area contributed by atoms with E-state index in [0.717, 1.165) is 5.56 Å². The maximum Gasteiger partial charge on any atom is 0.261 e. The van der Waals surface area contributed by atoms with E-state index < -0.39 is 6.10 Å². The molecule has 0 radical (unpaired) electrons. The largest absolute Gasteiger partial charge is 0.497 e. The normalized spacial score (nSPS) is 11.6. The number of ether oxygens (including phenoxy) is 2. The molecule has 0 saturated carbocycles. The lowest BCUT2D eigenvalue weighted by atomic mass is 10.2. The number of methoxy groups -OCH3 is 1. The number of nitrogens with one attached hydrogen (secondary N) is 1. The number of hydrogen-bond acceptors (Lipinski definition) is 3. The first-order valence-electron chi connectivity index (χ1n) is 6.91. The molecule has 0 saturated heterocycles. The van der Waals surface area contributed by atoms with E-state index in [1.54, 1.807) is 50.4 Å². The van der Waals surface area contributed by atoms with Gasteiger partial charge in [-0.15, -0.1) is 0 Å². The zero-order valence-corrected chi connectivity index (χ0v) is 12.5. The predicted molar refractivity (Wildman–Crippen MR) is 81.3 cm³/mol. The van der Waals surface area contributed by atoms with Crippen LogP contribution >= 0.6 is 0 Å². The van der Waals surface area contributed by atoms with Crippen LogP contribution in [-0.4, -0.2) is 19.1 Å². The first kappa shape index (κ1) is 15.8. The minimum Gasteiger partial charge on any atom is -0.497 e. The van der Waals surface area contributed by atoms with E-state index in [-0.39, 0.29) is 11.7 Å². The Labute approximate surface area is 128 Å². The van der Waals surface area contributed by atoms with Crippen LogP contribution in [0.2, 0.25) is 0 Å². The SMILES string of the molecule is COc1cccc(OC(C)C(=O)NCc2ccc(F)cc2)c1. The molecule has 0 fully saturated rings. The highest BCUT2D eigenvalue weighted by molar-refractivity contribution is 5.80. The second kappa shape index (κ2) is 7.45. The number of hydrogen-bond donors (Lipinski definition) is 1. The molecule has 2 rings (SSSR count). The standard InChI is InChI=1S/C17H18FNO3/c1-12(22-16-5-3-4-15(10-16)21-2)17(20)19-11-13-6-8-14(18)9-7-13/h3-10,12H,11H2,1-2H3,(H,19,20). The van der Waals surface area contributed by atoms with Gasteiger partial charge >= 0.3 is 0 Å². The van der Waals surface area contributed by atoms with Gasteiger partial charge in [-0.3, -0.25) is 4.79 Å². The van der Waals surface area contributed by atoms with Gasteiger partial charge in [0.2, 0.25) is 0 Å². The number of carbonyl (C=O) groups is 1. The highest BCUT2D eigenvalue weighted by atomic mass is 19.1. The molecule has 4 nitrogen and oxygen atoms in total. The van der Waals surface area contributed by atoms with Gasteiger partial charge in [-0.2, -0.15) is 0 Å². The van der Waals surface area contributed by atoms with Gasteiger partial charge in [0.1, 0.15) is 17.3 Å². The van der Waals surface area contributed by atoms with E-state index in [0.29, 0.717) is 18.0 Å². The van der Waals surface area contributed by atoms with Gasteiger partial charge in [0.25, 0.3) is 5.91 Å². The molecule has 0 bridgehead atoms.